The second-order valence-corrected chi connectivity index (χ2v) is 6.22. The van der Waals surface area contributed by atoms with E-state index in [9.17, 15) is 9.59 Å². The lowest BCUT2D eigenvalue weighted by molar-refractivity contribution is -0.138. The van der Waals surface area contributed by atoms with E-state index in [0.717, 1.165) is 11.3 Å². The lowest BCUT2D eigenvalue weighted by atomic mass is 10.0. The van der Waals surface area contributed by atoms with Gasteiger partial charge in [-0.05, 0) is 56.7 Å². The van der Waals surface area contributed by atoms with Gasteiger partial charge < -0.3 is 9.47 Å². The van der Waals surface area contributed by atoms with E-state index in [0.29, 0.717) is 29.1 Å². The monoisotopic (exact) mass is 377 g/mol. The zero-order valence-corrected chi connectivity index (χ0v) is 16.3. The summed E-state index contributed by atoms with van der Waals surface area (Å²) in [5.74, 6) is -0.0253. The molecule has 5 heteroatoms. The van der Waals surface area contributed by atoms with Crippen molar-refractivity contribution >= 4 is 23.6 Å². The van der Waals surface area contributed by atoms with Gasteiger partial charge in [0.15, 0.2) is 0 Å². The number of carbonyl (C=O) groups excluding carboxylic acids is 2. The first-order valence-electron chi connectivity index (χ1n) is 9.29. The molecule has 1 aliphatic heterocycles. The summed E-state index contributed by atoms with van der Waals surface area (Å²) in [4.78, 5) is 27.4. The summed E-state index contributed by atoms with van der Waals surface area (Å²) in [7, 11) is 0. The van der Waals surface area contributed by atoms with Crippen LogP contribution in [0.3, 0.4) is 0 Å². The molecule has 0 saturated heterocycles. The summed E-state index contributed by atoms with van der Waals surface area (Å²) in [5, 5.41) is 0. The summed E-state index contributed by atoms with van der Waals surface area (Å²) in [5.41, 5.74) is 2.69. The Morgan fingerprint density at radius 2 is 1.68 bits per heavy atom. The number of nitrogens with zero attached hydrogens (tertiary/aromatic N) is 1. The molecule has 0 bridgehead atoms. The first kappa shape index (κ1) is 19.4. The van der Waals surface area contributed by atoms with E-state index in [-0.39, 0.29) is 12.5 Å². The molecule has 2 aromatic rings. The van der Waals surface area contributed by atoms with Crippen LogP contribution in [0.25, 0.3) is 6.08 Å². The van der Waals surface area contributed by atoms with Crippen molar-refractivity contribution in [3.8, 4) is 5.75 Å². The number of benzene rings is 2. The van der Waals surface area contributed by atoms with Crippen LogP contribution in [-0.2, 0) is 14.3 Å². The molecule has 3 rings (SSSR count). The Labute approximate surface area is 164 Å². The van der Waals surface area contributed by atoms with Crippen LogP contribution < -0.4 is 9.64 Å². The first-order chi connectivity index (χ1) is 13.6. The average Bonchev–Trinajstić information content (AvgIpc) is 2.94. The SMILES string of the molecule is CCOC(=O)C1=C(C)N(c2ccc(OCC)cc2)C(=O)C1=Cc1ccccc1. The highest BCUT2D eigenvalue weighted by molar-refractivity contribution is 6.23. The molecule has 144 valence electrons. The first-order valence-corrected chi connectivity index (χ1v) is 9.29. The smallest absolute Gasteiger partial charge is 0.340 e. The molecule has 0 spiro atoms. The molecule has 0 radical (unpaired) electrons. The third-order valence-electron chi connectivity index (χ3n) is 4.40. The van der Waals surface area contributed by atoms with Gasteiger partial charge in [0.1, 0.15) is 5.75 Å². The van der Waals surface area contributed by atoms with Gasteiger partial charge in [-0.15, -0.1) is 0 Å². The molecule has 0 unspecified atom stereocenters. The molecule has 0 saturated carbocycles. The number of carbonyl (C=O) groups is 2. The predicted molar refractivity (Wildman–Crippen MR) is 109 cm³/mol. The van der Waals surface area contributed by atoms with Gasteiger partial charge in [0.25, 0.3) is 5.91 Å². The maximum atomic E-state index is 13.2. The van der Waals surface area contributed by atoms with Crippen molar-refractivity contribution in [1.82, 2.24) is 0 Å². The fraction of sp³-hybridized carbons (Fsp3) is 0.217. The number of esters is 1. The molecule has 5 nitrogen and oxygen atoms in total. The van der Waals surface area contributed by atoms with Crippen LogP contribution in [0.2, 0.25) is 0 Å². The Morgan fingerprint density at radius 1 is 1.00 bits per heavy atom. The highest BCUT2D eigenvalue weighted by Gasteiger charge is 2.38. The van der Waals surface area contributed by atoms with Gasteiger partial charge in [-0.25, -0.2) is 4.79 Å². The lowest BCUT2D eigenvalue weighted by Crippen LogP contribution is -2.24. The largest absolute Gasteiger partial charge is 0.494 e. The van der Waals surface area contributed by atoms with Crippen molar-refractivity contribution in [2.75, 3.05) is 18.1 Å². The van der Waals surface area contributed by atoms with Crippen molar-refractivity contribution in [1.29, 1.82) is 0 Å². The second kappa shape index (κ2) is 8.57. The molecule has 0 aromatic heterocycles. The van der Waals surface area contributed by atoms with Gasteiger partial charge in [-0.3, -0.25) is 9.69 Å². The average molecular weight is 377 g/mol. The quantitative estimate of drug-likeness (QED) is 0.555. The molecule has 0 fully saturated rings. The standard InChI is InChI=1S/C23H23NO4/c1-4-27-19-13-11-18(12-14-19)24-16(3)21(23(26)28-5-2)20(22(24)25)15-17-9-7-6-8-10-17/h6-15H,4-5H2,1-3H3. The molecule has 0 N–H and O–H groups in total. The van der Waals surface area contributed by atoms with Gasteiger partial charge in [-0.1, -0.05) is 30.3 Å². The van der Waals surface area contributed by atoms with Crippen molar-refractivity contribution in [3.63, 3.8) is 0 Å². The predicted octanol–water partition coefficient (Wildman–Crippen LogP) is 4.35. The summed E-state index contributed by atoms with van der Waals surface area (Å²) >= 11 is 0. The van der Waals surface area contributed by atoms with Crippen molar-refractivity contribution < 1.29 is 19.1 Å². The van der Waals surface area contributed by atoms with Crippen molar-refractivity contribution in [2.24, 2.45) is 0 Å². The van der Waals surface area contributed by atoms with E-state index in [2.05, 4.69) is 0 Å². The third-order valence-corrected chi connectivity index (χ3v) is 4.40. The zero-order chi connectivity index (χ0) is 20.1. The van der Waals surface area contributed by atoms with Gasteiger partial charge >= 0.3 is 5.97 Å². The van der Waals surface area contributed by atoms with Crippen LogP contribution in [0, 0.1) is 0 Å². The summed E-state index contributed by atoms with van der Waals surface area (Å²) in [6, 6.07) is 16.7. The molecule has 28 heavy (non-hydrogen) atoms. The molecule has 2 aromatic carbocycles. The Hall–Kier alpha value is -3.34. The topological polar surface area (TPSA) is 55.8 Å². The molecule has 0 atom stereocenters. The van der Waals surface area contributed by atoms with E-state index in [1.54, 1.807) is 32.1 Å². The minimum Gasteiger partial charge on any atom is -0.494 e. The third kappa shape index (κ3) is 3.83. The van der Waals surface area contributed by atoms with Crippen LogP contribution in [0.1, 0.15) is 26.3 Å². The number of anilines is 1. The van der Waals surface area contributed by atoms with E-state index < -0.39 is 5.97 Å². The summed E-state index contributed by atoms with van der Waals surface area (Å²) in [6.45, 7) is 6.22. The van der Waals surface area contributed by atoms with Crippen LogP contribution in [-0.4, -0.2) is 25.1 Å². The van der Waals surface area contributed by atoms with Gasteiger partial charge in [0.05, 0.1) is 24.4 Å². The Morgan fingerprint density at radius 3 is 2.29 bits per heavy atom. The molecule has 1 heterocycles. The summed E-state index contributed by atoms with van der Waals surface area (Å²) < 4.78 is 10.7. The maximum absolute atomic E-state index is 13.2. The van der Waals surface area contributed by atoms with Crippen LogP contribution in [0.5, 0.6) is 5.75 Å². The highest BCUT2D eigenvalue weighted by Crippen LogP contribution is 2.36. The summed E-state index contributed by atoms with van der Waals surface area (Å²) in [6.07, 6.45) is 1.73. The van der Waals surface area contributed by atoms with Crippen LogP contribution in [0.15, 0.2) is 71.4 Å². The second-order valence-electron chi connectivity index (χ2n) is 6.22. The number of amides is 1. The Bertz CT molecular complexity index is 927. The molecule has 0 aliphatic carbocycles. The van der Waals surface area contributed by atoms with E-state index in [4.69, 9.17) is 9.47 Å². The normalized spacial score (nSPS) is 15.3. The number of ether oxygens (including phenoxy) is 2. The Balaban J connectivity index is 2.05. The molecular weight excluding hydrogens is 354 g/mol. The maximum Gasteiger partial charge on any atom is 0.340 e. The number of allylic oxidation sites excluding steroid dienone is 1. The molecule has 1 aliphatic rings. The minimum atomic E-state index is -0.496. The van der Waals surface area contributed by atoms with Gasteiger partial charge in [0.2, 0.25) is 0 Å². The fourth-order valence-electron chi connectivity index (χ4n) is 3.17. The zero-order valence-electron chi connectivity index (χ0n) is 16.3. The molecule has 1 amide bonds. The van der Waals surface area contributed by atoms with E-state index in [1.807, 2.05) is 49.4 Å². The van der Waals surface area contributed by atoms with Gasteiger partial charge in [-0.2, -0.15) is 0 Å². The molecular formula is C23H23NO4. The van der Waals surface area contributed by atoms with Crippen molar-refractivity contribution in [3.05, 3.63) is 77.0 Å². The number of hydrogen-bond donors (Lipinski definition) is 0. The number of rotatable bonds is 6. The van der Waals surface area contributed by atoms with Crippen molar-refractivity contribution in [2.45, 2.75) is 20.8 Å². The van der Waals surface area contributed by atoms with E-state index >= 15 is 0 Å². The minimum absolute atomic E-state index is 0.242. The van der Waals surface area contributed by atoms with Crippen LogP contribution >= 0.6 is 0 Å². The Kier molecular flexibility index (Phi) is 5.94. The lowest BCUT2D eigenvalue weighted by Gasteiger charge is -2.18. The van der Waals surface area contributed by atoms with Crippen LogP contribution in [0.4, 0.5) is 5.69 Å². The van der Waals surface area contributed by atoms with E-state index in [1.165, 1.54) is 4.90 Å². The number of hydrogen-bond acceptors (Lipinski definition) is 4. The van der Waals surface area contributed by atoms with Gasteiger partial charge in [0, 0.05) is 11.4 Å². The highest BCUT2D eigenvalue weighted by atomic mass is 16.5. The fourth-order valence-corrected chi connectivity index (χ4v) is 3.17.